The Labute approximate surface area is 556 Å². The monoisotopic (exact) mass is 1340 g/mol. The van der Waals surface area contributed by atoms with Gasteiger partial charge in [-0.15, -0.1) is 0 Å². The number of aliphatic hydroxyl groups is 1. The second-order valence-electron chi connectivity index (χ2n) is 26.9. The molecule has 0 amide bonds. The van der Waals surface area contributed by atoms with Gasteiger partial charge in [0.1, 0.15) is 19.3 Å². The summed E-state index contributed by atoms with van der Waals surface area (Å²) in [7, 11) is -9.89. The molecule has 17 nitrogen and oxygen atoms in total. The molecule has 540 valence electrons. The zero-order valence-corrected chi connectivity index (χ0v) is 60.9. The van der Waals surface area contributed by atoms with Crippen LogP contribution in [0.25, 0.3) is 0 Å². The van der Waals surface area contributed by atoms with Gasteiger partial charge in [0.2, 0.25) is 0 Å². The maximum atomic E-state index is 13.0. The summed E-state index contributed by atoms with van der Waals surface area (Å²) in [4.78, 5) is 72.3. The molecule has 5 atom stereocenters. The van der Waals surface area contributed by atoms with Crippen LogP contribution in [0.1, 0.15) is 369 Å². The van der Waals surface area contributed by atoms with Gasteiger partial charge in [-0.05, 0) is 37.5 Å². The van der Waals surface area contributed by atoms with E-state index >= 15 is 0 Å². The molecule has 0 aromatic heterocycles. The topological polar surface area (TPSA) is 237 Å². The van der Waals surface area contributed by atoms with Gasteiger partial charge in [0, 0.05) is 25.7 Å². The molecule has 0 fully saturated rings. The molecule has 0 radical (unpaired) electrons. The lowest BCUT2D eigenvalue weighted by molar-refractivity contribution is -0.161. The van der Waals surface area contributed by atoms with Gasteiger partial charge in [-0.3, -0.25) is 37.3 Å². The predicted molar refractivity (Wildman–Crippen MR) is 368 cm³/mol. The Morgan fingerprint density at radius 2 is 0.505 bits per heavy atom. The minimum Gasteiger partial charge on any atom is -0.462 e. The maximum absolute atomic E-state index is 13.0. The Hall–Kier alpha value is -1.94. The standard InChI is InChI=1S/C72H140O17P2/c1-7-9-11-13-14-15-16-17-18-19-20-21-22-23-24-29-32-38-44-50-56-71(76)89-68(61-83-70(75)55-49-43-37-31-28-26-25-27-30-35-41-46-52-64(3)4)63-87-91(80,81)85-59-66(73)58-84-90(78,79)86-62-67(60-82-69(74)54-48-40-12-10-8-2)88-72(77)57-51-45-39-34-33-36-42-47-53-65(5)6/h64-68,73H,7-63H2,1-6H3,(H,78,79)(H,80,81)/t66-,67+,68+/m0/s1. The van der Waals surface area contributed by atoms with Gasteiger partial charge in [-0.25, -0.2) is 9.13 Å². The van der Waals surface area contributed by atoms with Gasteiger partial charge < -0.3 is 33.8 Å². The number of carbonyl (C=O) groups excluding carboxylic acids is 4. The summed E-state index contributed by atoms with van der Waals surface area (Å²) in [6.07, 6.45) is 50.5. The molecule has 0 saturated heterocycles. The van der Waals surface area contributed by atoms with Crippen molar-refractivity contribution in [3.8, 4) is 0 Å². The molecule has 0 spiro atoms. The van der Waals surface area contributed by atoms with Crippen molar-refractivity contribution < 1.29 is 80.2 Å². The summed E-state index contributed by atoms with van der Waals surface area (Å²) in [5.74, 6) is -0.634. The van der Waals surface area contributed by atoms with Crippen LogP contribution in [0.4, 0.5) is 0 Å². The normalized spacial score (nSPS) is 14.1. The Balaban J connectivity index is 5.13. The van der Waals surface area contributed by atoms with Gasteiger partial charge in [-0.2, -0.15) is 0 Å². The fraction of sp³-hybridized carbons (Fsp3) is 0.944. The van der Waals surface area contributed by atoms with Crippen LogP contribution in [0.2, 0.25) is 0 Å². The number of carbonyl (C=O) groups is 4. The number of unbranched alkanes of at least 4 members (excludes halogenated alkanes) is 41. The molecule has 0 aliphatic carbocycles. The molecule has 19 heteroatoms. The Morgan fingerprint density at radius 1 is 0.297 bits per heavy atom. The Kier molecular flexibility index (Phi) is 62.7. The smallest absolute Gasteiger partial charge is 0.462 e. The van der Waals surface area contributed by atoms with E-state index in [9.17, 15) is 43.2 Å². The fourth-order valence-electron chi connectivity index (χ4n) is 10.9. The van der Waals surface area contributed by atoms with Gasteiger partial charge in [-0.1, -0.05) is 318 Å². The summed E-state index contributed by atoms with van der Waals surface area (Å²) in [6.45, 7) is 9.44. The van der Waals surface area contributed by atoms with Crippen LogP contribution in [0, 0.1) is 11.8 Å². The molecular weight excluding hydrogens is 1200 g/mol. The quantitative estimate of drug-likeness (QED) is 0.0222. The average Bonchev–Trinajstić information content (AvgIpc) is 3.31. The van der Waals surface area contributed by atoms with Gasteiger partial charge in [0.25, 0.3) is 0 Å². The molecular formula is C72H140O17P2. The van der Waals surface area contributed by atoms with Gasteiger partial charge >= 0.3 is 39.5 Å². The Morgan fingerprint density at radius 3 is 0.747 bits per heavy atom. The van der Waals surface area contributed by atoms with Crippen molar-refractivity contribution >= 4 is 39.5 Å². The van der Waals surface area contributed by atoms with Crippen molar-refractivity contribution in [1.29, 1.82) is 0 Å². The number of rotatable bonds is 71. The van der Waals surface area contributed by atoms with Gasteiger partial charge in [0.15, 0.2) is 12.2 Å². The van der Waals surface area contributed by atoms with Crippen molar-refractivity contribution in [2.75, 3.05) is 39.6 Å². The van der Waals surface area contributed by atoms with Crippen molar-refractivity contribution in [3.63, 3.8) is 0 Å². The zero-order chi connectivity index (χ0) is 67.2. The first-order valence-electron chi connectivity index (χ1n) is 37.5. The summed E-state index contributed by atoms with van der Waals surface area (Å²) < 4.78 is 68.1. The summed E-state index contributed by atoms with van der Waals surface area (Å²) in [5.41, 5.74) is 0. The number of hydrogen-bond acceptors (Lipinski definition) is 15. The number of phosphoric ester groups is 2. The minimum atomic E-state index is -4.95. The second kappa shape index (κ2) is 64.1. The number of aliphatic hydroxyl groups excluding tert-OH is 1. The van der Waals surface area contributed by atoms with Crippen LogP contribution in [0.15, 0.2) is 0 Å². The van der Waals surface area contributed by atoms with Crippen LogP contribution in [-0.2, 0) is 65.4 Å². The molecule has 91 heavy (non-hydrogen) atoms. The van der Waals surface area contributed by atoms with Crippen LogP contribution < -0.4 is 0 Å². The number of hydrogen-bond donors (Lipinski definition) is 3. The number of esters is 4. The maximum Gasteiger partial charge on any atom is 0.472 e. The summed E-state index contributed by atoms with van der Waals surface area (Å²) in [6, 6.07) is 0. The molecule has 0 saturated carbocycles. The fourth-order valence-corrected chi connectivity index (χ4v) is 12.5. The Bertz CT molecular complexity index is 1770. The predicted octanol–water partition coefficient (Wildman–Crippen LogP) is 20.8. The van der Waals surface area contributed by atoms with E-state index in [2.05, 4.69) is 41.5 Å². The lowest BCUT2D eigenvalue weighted by Crippen LogP contribution is -2.30. The highest BCUT2D eigenvalue weighted by molar-refractivity contribution is 7.47. The minimum absolute atomic E-state index is 0.104. The molecule has 3 N–H and O–H groups in total. The molecule has 0 heterocycles. The SMILES string of the molecule is CCCCCCCCCCCCCCCCCCCCCCC(=O)O[C@H](COC(=O)CCCCCCCCCCCCCCC(C)C)COP(=O)(O)OC[C@@H](O)COP(=O)(O)OC[C@@H](COC(=O)CCCCCCC)OC(=O)CCCCCCCCCCC(C)C. The third-order valence-corrected chi connectivity index (χ3v) is 18.6. The lowest BCUT2D eigenvalue weighted by Gasteiger charge is -2.21. The number of ether oxygens (including phenoxy) is 4. The van der Waals surface area contributed by atoms with E-state index in [1.165, 1.54) is 180 Å². The first-order chi connectivity index (χ1) is 43.9. The summed E-state index contributed by atoms with van der Waals surface area (Å²) in [5, 5.41) is 10.6. The molecule has 0 aromatic carbocycles. The molecule has 0 bridgehead atoms. The molecule has 0 aliphatic heterocycles. The highest BCUT2D eigenvalue weighted by Crippen LogP contribution is 2.45. The largest absolute Gasteiger partial charge is 0.472 e. The average molecular weight is 1340 g/mol. The first kappa shape index (κ1) is 89.1. The second-order valence-corrected chi connectivity index (χ2v) is 29.8. The molecule has 0 rings (SSSR count). The number of phosphoric acid groups is 2. The van der Waals surface area contributed by atoms with Crippen molar-refractivity contribution in [3.05, 3.63) is 0 Å². The van der Waals surface area contributed by atoms with E-state index in [1.54, 1.807) is 0 Å². The van der Waals surface area contributed by atoms with E-state index in [-0.39, 0.29) is 25.7 Å². The third kappa shape index (κ3) is 66.5. The van der Waals surface area contributed by atoms with Crippen molar-refractivity contribution in [2.45, 2.75) is 387 Å². The third-order valence-electron chi connectivity index (χ3n) is 16.7. The summed E-state index contributed by atoms with van der Waals surface area (Å²) >= 11 is 0. The van der Waals surface area contributed by atoms with E-state index < -0.39 is 97.5 Å². The van der Waals surface area contributed by atoms with E-state index in [0.717, 1.165) is 108 Å². The van der Waals surface area contributed by atoms with E-state index in [4.69, 9.17) is 37.0 Å². The molecule has 0 aliphatic rings. The van der Waals surface area contributed by atoms with Crippen LogP contribution in [0.3, 0.4) is 0 Å². The molecule has 2 unspecified atom stereocenters. The van der Waals surface area contributed by atoms with E-state index in [0.29, 0.717) is 25.7 Å². The van der Waals surface area contributed by atoms with Crippen molar-refractivity contribution in [1.82, 2.24) is 0 Å². The highest BCUT2D eigenvalue weighted by Gasteiger charge is 2.30. The van der Waals surface area contributed by atoms with Crippen LogP contribution >= 0.6 is 15.6 Å². The van der Waals surface area contributed by atoms with Crippen LogP contribution in [0.5, 0.6) is 0 Å². The van der Waals surface area contributed by atoms with Gasteiger partial charge in [0.05, 0.1) is 26.4 Å². The zero-order valence-electron chi connectivity index (χ0n) is 59.1. The highest BCUT2D eigenvalue weighted by atomic mass is 31.2. The van der Waals surface area contributed by atoms with Crippen LogP contribution in [-0.4, -0.2) is 96.7 Å². The van der Waals surface area contributed by atoms with E-state index in [1.807, 2.05) is 0 Å². The lowest BCUT2D eigenvalue weighted by atomic mass is 10.0. The first-order valence-corrected chi connectivity index (χ1v) is 40.5. The molecule has 0 aromatic rings. The van der Waals surface area contributed by atoms with Crippen molar-refractivity contribution in [2.24, 2.45) is 11.8 Å².